The summed E-state index contributed by atoms with van der Waals surface area (Å²) in [6.45, 7) is 8.38. The van der Waals surface area contributed by atoms with E-state index in [1.54, 1.807) is 11.3 Å². The van der Waals surface area contributed by atoms with E-state index in [0.29, 0.717) is 0 Å². The molecular weight excluding hydrogens is 222 g/mol. The average Bonchev–Trinajstić information content (AvgIpc) is 2.67. The molecule has 0 atom stereocenters. The van der Waals surface area contributed by atoms with Crippen molar-refractivity contribution in [2.24, 2.45) is 0 Å². The molecule has 0 bridgehead atoms. The van der Waals surface area contributed by atoms with Crippen LogP contribution < -0.4 is 0 Å². The summed E-state index contributed by atoms with van der Waals surface area (Å²) in [5.74, 6) is 0. The van der Waals surface area contributed by atoms with Crippen molar-refractivity contribution in [1.82, 2.24) is 14.8 Å². The van der Waals surface area contributed by atoms with Crippen molar-refractivity contribution >= 4 is 11.3 Å². The second-order valence-electron chi connectivity index (χ2n) is 4.22. The van der Waals surface area contributed by atoms with Crippen molar-refractivity contribution in [3.63, 3.8) is 0 Å². The normalized spacial score (nSPS) is 19.1. The zero-order chi connectivity index (χ0) is 11.4. The first-order valence-electron chi connectivity index (χ1n) is 5.74. The maximum atomic E-state index is 8.86. The minimum absolute atomic E-state index is 0.270. The summed E-state index contributed by atoms with van der Waals surface area (Å²) >= 11 is 1.75. The number of nitrogens with zero attached hydrogens (tertiary/aromatic N) is 3. The van der Waals surface area contributed by atoms with Crippen molar-refractivity contribution in [3.8, 4) is 0 Å². The molecule has 0 amide bonds. The van der Waals surface area contributed by atoms with Crippen LogP contribution in [0.4, 0.5) is 0 Å². The highest BCUT2D eigenvalue weighted by molar-refractivity contribution is 7.09. The fourth-order valence-corrected chi connectivity index (χ4v) is 2.79. The molecule has 0 aliphatic carbocycles. The molecule has 1 saturated heterocycles. The zero-order valence-corrected chi connectivity index (χ0v) is 10.5. The summed E-state index contributed by atoms with van der Waals surface area (Å²) in [6, 6.07) is 0. The minimum Gasteiger partial charge on any atom is -0.395 e. The van der Waals surface area contributed by atoms with Gasteiger partial charge in [0.1, 0.15) is 5.01 Å². The molecule has 0 spiro atoms. The lowest BCUT2D eigenvalue weighted by atomic mass is 10.3. The Bertz CT molecular complexity index is 321. The van der Waals surface area contributed by atoms with Crippen LogP contribution in [0, 0.1) is 6.92 Å². The SMILES string of the molecule is Cc1csc(CN2CCN(CCO)CC2)n1. The van der Waals surface area contributed by atoms with E-state index in [1.165, 1.54) is 5.01 Å². The quantitative estimate of drug-likeness (QED) is 0.836. The highest BCUT2D eigenvalue weighted by atomic mass is 32.1. The van der Waals surface area contributed by atoms with Gasteiger partial charge in [-0.05, 0) is 6.92 Å². The van der Waals surface area contributed by atoms with Crippen LogP contribution in [-0.4, -0.2) is 59.2 Å². The smallest absolute Gasteiger partial charge is 0.107 e. The van der Waals surface area contributed by atoms with E-state index in [2.05, 4.69) is 20.2 Å². The number of thiazole rings is 1. The van der Waals surface area contributed by atoms with Crippen molar-refractivity contribution in [2.75, 3.05) is 39.3 Å². The first-order chi connectivity index (χ1) is 7.78. The van der Waals surface area contributed by atoms with Crippen LogP contribution in [0.5, 0.6) is 0 Å². The number of hydrogen-bond donors (Lipinski definition) is 1. The molecule has 2 rings (SSSR count). The fraction of sp³-hybridized carbons (Fsp3) is 0.727. The molecule has 0 unspecified atom stereocenters. The van der Waals surface area contributed by atoms with Gasteiger partial charge < -0.3 is 5.11 Å². The predicted molar refractivity (Wildman–Crippen MR) is 65.7 cm³/mol. The number of aliphatic hydroxyl groups excluding tert-OH is 1. The molecule has 5 heteroatoms. The molecule has 90 valence electrons. The molecular formula is C11H19N3OS. The summed E-state index contributed by atoms with van der Waals surface area (Å²) in [5.41, 5.74) is 1.12. The van der Waals surface area contributed by atoms with Crippen molar-refractivity contribution in [1.29, 1.82) is 0 Å². The lowest BCUT2D eigenvalue weighted by Crippen LogP contribution is -2.46. The van der Waals surface area contributed by atoms with E-state index >= 15 is 0 Å². The average molecular weight is 241 g/mol. The van der Waals surface area contributed by atoms with Gasteiger partial charge in [0.25, 0.3) is 0 Å². The maximum Gasteiger partial charge on any atom is 0.107 e. The van der Waals surface area contributed by atoms with Crippen LogP contribution in [0.15, 0.2) is 5.38 Å². The second kappa shape index (κ2) is 5.72. The van der Waals surface area contributed by atoms with Crippen LogP contribution in [0.1, 0.15) is 10.7 Å². The number of hydrogen-bond acceptors (Lipinski definition) is 5. The highest BCUT2D eigenvalue weighted by Gasteiger charge is 2.17. The monoisotopic (exact) mass is 241 g/mol. The highest BCUT2D eigenvalue weighted by Crippen LogP contribution is 2.13. The summed E-state index contributed by atoms with van der Waals surface area (Å²) < 4.78 is 0. The molecule has 0 radical (unpaired) electrons. The first-order valence-corrected chi connectivity index (χ1v) is 6.62. The lowest BCUT2D eigenvalue weighted by Gasteiger charge is -2.33. The molecule has 1 aromatic rings. The Morgan fingerprint density at radius 3 is 2.56 bits per heavy atom. The van der Waals surface area contributed by atoms with Gasteiger partial charge in [0.05, 0.1) is 13.2 Å². The Morgan fingerprint density at radius 1 is 1.31 bits per heavy atom. The summed E-state index contributed by atoms with van der Waals surface area (Å²) in [5, 5.41) is 12.2. The van der Waals surface area contributed by atoms with Gasteiger partial charge in [-0.25, -0.2) is 4.98 Å². The van der Waals surface area contributed by atoms with Crippen molar-refractivity contribution < 1.29 is 5.11 Å². The van der Waals surface area contributed by atoms with Crippen molar-refractivity contribution in [2.45, 2.75) is 13.5 Å². The number of piperazine rings is 1. The van der Waals surface area contributed by atoms with Gasteiger partial charge in [-0.15, -0.1) is 11.3 Å². The van der Waals surface area contributed by atoms with Crippen LogP contribution in [0.25, 0.3) is 0 Å². The summed E-state index contributed by atoms with van der Waals surface area (Å²) in [6.07, 6.45) is 0. The van der Waals surface area contributed by atoms with E-state index in [4.69, 9.17) is 5.11 Å². The third-order valence-electron chi connectivity index (χ3n) is 2.91. The maximum absolute atomic E-state index is 8.86. The Kier molecular flexibility index (Phi) is 4.29. The number of aromatic nitrogens is 1. The van der Waals surface area contributed by atoms with E-state index in [0.717, 1.165) is 45.0 Å². The van der Waals surface area contributed by atoms with Crippen LogP contribution in [0.2, 0.25) is 0 Å². The van der Waals surface area contributed by atoms with Gasteiger partial charge in [-0.3, -0.25) is 9.80 Å². The number of aryl methyl sites for hydroxylation is 1. The standard InChI is InChI=1S/C11H19N3OS/c1-10-9-16-11(12-10)8-14-4-2-13(3-5-14)6-7-15/h9,15H,2-8H2,1H3. The summed E-state index contributed by atoms with van der Waals surface area (Å²) in [4.78, 5) is 9.23. The molecule has 1 fully saturated rings. The van der Waals surface area contributed by atoms with Gasteiger partial charge in [-0.2, -0.15) is 0 Å². The van der Waals surface area contributed by atoms with E-state index in [9.17, 15) is 0 Å². The fourth-order valence-electron chi connectivity index (χ4n) is 1.98. The molecule has 1 aliphatic heterocycles. The summed E-state index contributed by atoms with van der Waals surface area (Å²) in [7, 11) is 0. The lowest BCUT2D eigenvalue weighted by molar-refractivity contribution is 0.108. The molecule has 4 nitrogen and oxygen atoms in total. The Morgan fingerprint density at radius 2 is 2.00 bits per heavy atom. The predicted octanol–water partition coefficient (Wildman–Crippen LogP) is 0.561. The Labute approximate surface area is 101 Å². The van der Waals surface area contributed by atoms with E-state index in [-0.39, 0.29) is 6.61 Å². The second-order valence-corrected chi connectivity index (χ2v) is 5.17. The van der Waals surface area contributed by atoms with Crippen LogP contribution >= 0.6 is 11.3 Å². The Balaban J connectivity index is 1.77. The number of aliphatic hydroxyl groups is 1. The molecule has 0 saturated carbocycles. The molecule has 1 N–H and O–H groups in total. The van der Waals surface area contributed by atoms with Gasteiger partial charge in [0.2, 0.25) is 0 Å². The van der Waals surface area contributed by atoms with Crippen LogP contribution in [-0.2, 0) is 6.54 Å². The van der Waals surface area contributed by atoms with E-state index in [1.807, 2.05) is 6.92 Å². The Hall–Kier alpha value is -0.490. The van der Waals surface area contributed by atoms with Gasteiger partial charge in [-0.1, -0.05) is 0 Å². The van der Waals surface area contributed by atoms with Crippen LogP contribution in [0.3, 0.4) is 0 Å². The third kappa shape index (κ3) is 3.25. The molecule has 0 aromatic carbocycles. The molecule has 1 aromatic heterocycles. The molecule has 16 heavy (non-hydrogen) atoms. The van der Waals surface area contributed by atoms with Gasteiger partial charge >= 0.3 is 0 Å². The van der Waals surface area contributed by atoms with Gasteiger partial charge in [0.15, 0.2) is 0 Å². The van der Waals surface area contributed by atoms with Gasteiger partial charge in [0, 0.05) is 43.8 Å². The largest absolute Gasteiger partial charge is 0.395 e. The van der Waals surface area contributed by atoms with E-state index < -0.39 is 0 Å². The molecule has 1 aliphatic rings. The third-order valence-corrected chi connectivity index (χ3v) is 3.86. The number of rotatable bonds is 4. The number of β-amino-alcohol motifs (C(OH)–C–C–N with tert-alkyl or cyclic N) is 1. The topological polar surface area (TPSA) is 39.6 Å². The van der Waals surface area contributed by atoms with Crippen molar-refractivity contribution in [3.05, 3.63) is 16.1 Å². The molecule has 2 heterocycles. The minimum atomic E-state index is 0.270. The first kappa shape index (κ1) is 12.0. The zero-order valence-electron chi connectivity index (χ0n) is 9.72.